The van der Waals surface area contributed by atoms with Crippen molar-refractivity contribution in [2.45, 2.75) is 45.4 Å². The van der Waals surface area contributed by atoms with Gasteiger partial charge < -0.3 is 10.2 Å². The zero-order valence-corrected chi connectivity index (χ0v) is 10.9. The number of nitrogens with zero attached hydrogens (tertiary/aromatic N) is 1. The Balaban J connectivity index is 1.74. The Bertz CT molecular complexity index is 179. The van der Waals surface area contributed by atoms with Crippen LogP contribution < -0.4 is 5.32 Å². The highest BCUT2D eigenvalue weighted by Crippen LogP contribution is 2.29. The first-order valence-electron chi connectivity index (χ1n) is 7.29. The molecule has 0 aromatic rings. The van der Waals surface area contributed by atoms with Crippen molar-refractivity contribution in [2.75, 3.05) is 32.7 Å². The third kappa shape index (κ3) is 3.74. The summed E-state index contributed by atoms with van der Waals surface area (Å²) in [6.45, 7) is 8.73. The maximum absolute atomic E-state index is 3.44. The Labute approximate surface area is 101 Å². The van der Waals surface area contributed by atoms with Crippen LogP contribution in [0.4, 0.5) is 0 Å². The molecule has 1 atom stereocenters. The van der Waals surface area contributed by atoms with Gasteiger partial charge >= 0.3 is 0 Å². The molecule has 0 aromatic heterocycles. The summed E-state index contributed by atoms with van der Waals surface area (Å²) in [4.78, 5) is 2.66. The molecule has 1 unspecified atom stereocenters. The molecule has 16 heavy (non-hydrogen) atoms. The lowest BCUT2D eigenvalue weighted by atomic mass is 9.87. The van der Waals surface area contributed by atoms with Crippen LogP contribution in [0.1, 0.15) is 45.4 Å². The van der Waals surface area contributed by atoms with E-state index in [4.69, 9.17) is 0 Å². The third-order valence-corrected chi connectivity index (χ3v) is 4.46. The molecule has 0 bridgehead atoms. The maximum atomic E-state index is 3.44. The molecule has 2 heteroatoms. The monoisotopic (exact) mass is 224 g/mol. The molecule has 0 spiro atoms. The summed E-state index contributed by atoms with van der Waals surface area (Å²) in [7, 11) is 0. The first kappa shape index (κ1) is 12.4. The lowest BCUT2D eigenvalue weighted by Crippen LogP contribution is -2.45. The van der Waals surface area contributed by atoms with Gasteiger partial charge in [0.05, 0.1) is 0 Å². The van der Waals surface area contributed by atoms with E-state index in [1.165, 1.54) is 71.2 Å². The van der Waals surface area contributed by atoms with Crippen molar-refractivity contribution < 1.29 is 0 Å². The van der Waals surface area contributed by atoms with Crippen LogP contribution in [0.25, 0.3) is 0 Å². The Morgan fingerprint density at radius 2 is 1.69 bits per heavy atom. The van der Waals surface area contributed by atoms with Crippen molar-refractivity contribution in [1.29, 1.82) is 0 Å². The lowest BCUT2D eigenvalue weighted by molar-refractivity contribution is 0.173. The summed E-state index contributed by atoms with van der Waals surface area (Å²) in [5.41, 5.74) is 0. The van der Waals surface area contributed by atoms with E-state index in [2.05, 4.69) is 17.1 Å². The van der Waals surface area contributed by atoms with Crippen molar-refractivity contribution in [2.24, 2.45) is 11.8 Å². The zero-order chi connectivity index (χ0) is 11.2. The van der Waals surface area contributed by atoms with Gasteiger partial charge in [-0.15, -0.1) is 0 Å². The van der Waals surface area contributed by atoms with Crippen LogP contribution >= 0.6 is 0 Å². The predicted molar refractivity (Wildman–Crippen MR) is 69.7 cm³/mol. The Morgan fingerprint density at radius 1 is 1.06 bits per heavy atom. The van der Waals surface area contributed by atoms with E-state index in [9.17, 15) is 0 Å². The molecular weight excluding hydrogens is 196 g/mol. The van der Waals surface area contributed by atoms with Gasteiger partial charge in [0, 0.05) is 32.7 Å². The first-order chi connectivity index (χ1) is 7.86. The van der Waals surface area contributed by atoms with Gasteiger partial charge in [-0.05, 0) is 11.8 Å². The average Bonchev–Trinajstić information content (AvgIpc) is 2.59. The Hall–Kier alpha value is -0.0800. The number of hydrogen-bond acceptors (Lipinski definition) is 2. The van der Waals surface area contributed by atoms with Gasteiger partial charge in [-0.3, -0.25) is 0 Å². The van der Waals surface area contributed by atoms with Gasteiger partial charge in [-0.2, -0.15) is 0 Å². The van der Waals surface area contributed by atoms with Gasteiger partial charge in [0.15, 0.2) is 0 Å². The summed E-state index contributed by atoms with van der Waals surface area (Å²) in [5, 5.41) is 3.44. The molecule has 1 saturated carbocycles. The molecule has 2 aliphatic rings. The molecule has 1 N–H and O–H groups in total. The SMILES string of the molecule is CC(CN1CCNCC1)C1CCCCCC1. The maximum Gasteiger partial charge on any atom is 0.0107 e. The Morgan fingerprint density at radius 3 is 2.31 bits per heavy atom. The second-order valence-corrected chi connectivity index (χ2v) is 5.78. The van der Waals surface area contributed by atoms with Crippen molar-refractivity contribution in [1.82, 2.24) is 10.2 Å². The molecule has 0 aromatic carbocycles. The van der Waals surface area contributed by atoms with Crippen molar-refractivity contribution in [3.05, 3.63) is 0 Å². The van der Waals surface area contributed by atoms with Gasteiger partial charge in [0.1, 0.15) is 0 Å². The molecular formula is C14H28N2. The highest BCUT2D eigenvalue weighted by atomic mass is 15.2. The number of nitrogens with one attached hydrogen (secondary N) is 1. The molecule has 1 saturated heterocycles. The summed E-state index contributed by atoms with van der Waals surface area (Å²) in [6, 6.07) is 0. The van der Waals surface area contributed by atoms with Gasteiger partial charge in [0.2, 0.25) is 0 Å². The summed E-state index contributed by atoms with van der Waals surface area (Å²) < 4.78 is 0. The normalized spacial score (nSPS) is 27.6. The van der Waals surface area contributed by atoms with Crippen molar-refractivity contribution in [3.63, 3.8) is 0 Å². The van der Waals surface area contributed by atoms with Crippen LogP contribution in [0.15, 0.2) is 0 Å². The van der Waals surface area contributed by atoms with Crippen LogP contribution in [0.2, 0.25) is 0 Å². The van der Waals surface area contributed by atoms with E-state index in [0.717, 1.165) is 11.8 Å². The number of rotatable bonds is 3. The fraction of sp³-hybridized carbons (Fsp3) is 1.00. The third-order valence-electron chi connectivity index (χ3n) is 4.46. The number of piperazine rings is 1. The smallest absolute Gasteiger partial charge is 0.0107 e. The van der Waals surface area contributed by atoms with E-state index in [-0.39, 0.29) is 0 Å². The van der Waals surface area contributed by atoms with Crippen LogP contribution in [0.3, 0.4) is 0 Å². The fourth-order valence-corrected chi connectivity index (χ4v) is 3.33. The quantitative estimate of drug-likeness (QED) is 0.741. The molecule has 94 valence electrons. The van der Waals surface area contributed by atoms with Crippen LogP contribution in [0.5, 0.6) is 0 Å². The lowest BCUT2D eigenvalue weighted by Gasteiger charge is -2.32. The molecule has 2 rings (SSSR count). The van der Waals surface area contributed by atoms with E-state index < -0.39 is 0 Å². The second-order valence-electron chi connectivity index (χ2n) is 5.78. The van der Waals surface area contributed by atoms with Crippen LogP contribution in [-0.2, 0) is 0 Å². The highest BCUT2D eigenvalue weighted by Gasteiger charge is 2.21. The minimum absolute atomic E-state index is 0.913. The predicted octanol–water partition coefficient (Wildman–Crippen LogP) is 2.50. The first-order valence-corrected chi connectivity index (χ1v) is 7.29. The van der Waals surface area contributed by atoms with Crippen LogP contribution in [0, 0.1) is 11.8 Å². The summed E-state index contributed by atoms with van der Waals surface area (Å²) >= 11 is 0. The van der Waals surface area contributed by atoms with Crippen LogP contribution in [-0.4, -0.2) is 37.6 Å². The highest BCUT2D eigenvalue weighted by molar-refractivity contribution is 4.75. The molecule has 1 aliphatic heterocycles. The summed E-state index contributed by atoms with van der Waals surface area (Å²) in [5.74, 6) is 1.92. The Kier molecular flexibility index (Phi) is 5.11. The standard InChI is InChI=1S/C14H28N2/c1-13(12-16-10-8-15-9-11-16)14-6-4-2-3-5-7-14/h13-15H,2-12H2,1H3. The fourth-order valence-electron chi connectivity index (χ4n) is 3.33. The average molecular weight is 224 g/mol. The molecule has 1 heterocycles. The minimum Gasteiger partial charge on any atom is -0.314 e. The van der Waals surface area contributed by atoms with Gasteiger partial charge in [0.25, 0.3) is 0 Å². The molecule has 2 nitrogen and oxygen atoms in total. The van der Waals surface area contributed by atoms with Gasteiger partial charge in [-0.25, -0.2) is 0 Å². The molecule has 0 radical (unpaired) electrons. The molecule has 0 amide bonds. The largest absolute Gasteiger partial charge is 0.314 e. The van der Waals surface area contributed by atoms with Crippen molar-refractivity contribution in [3.8, 4) is 0 Å². The van der Waals surface area contributed by atoms with Crippen molar-refractivity contribution >= 4 is 0 Å². The topological polar surface area (TPSA) is 15.3 Å². The van der Waals surface area contributed by atoms with E-state index >= 15 is 0 Å². The summed E-state index contributed by atoms with van der Waals surface area (Å²) in [6.07, 6.45) is 8.92. The molecule has 2 fully saturated rings. The second kappa shape index (κ2) is 6.61. The zero-order valence-electron chi connectivity index (χ0n) is 10.9. The van der Waals surface area contributed by atoms with Gasteiger partial charge in [-0.1, -0.05) is 45.4 Å². The minimum atomic E-state index is 0.913. The molecule has 1 aliphatic carbocycles. The van der Waals surface area contributed by atoms with E-state index in [1.54, 1.807) is 0 Å². The van der Waals surface area contributed by atoms with E-state index in [1.807, 2.05) is 0 Å². The number of hydrogen-bond donors (Lipinski definition) is 1. The van der Waals surface area contributed by atoms with E-state index in [0.29, 0.717) is 0 Å².